The summed E-state index contributed by atoms with van der Waals surface area (Å²) >= 11 is 0. The zero-order valence-corrected chi connectivity index (χ0v) is 14.9. The summed E-state index contributed by atoms with van der Waals surface area (Å²) in [7, 11) is 0. The topological polar surface area (TPSA) is 90.2 Å². The molecule has 0 spiro atoms. The van der Waals surface area contributed by atoms with Crippen LogP contribution in [0.25, 0.3) is 0 Å². The second kappa shape index (κ2) is 7.22. The summed E-state index contributed by atoms with van der Waals surface area (Å²) in [6, 6.07) is 8.18. The first kappa shape index (κ1) is 17.3. The van der Waals surface area contributed by atoms with E-state index in [9.17, 15) is 9.59 Å². The first-order valence-corrected chi connectivity index (χ1v) is 8.81. The smallest absolute Gasteiger partial charge is 0.339 e. The van der Waals surface area contributed by atoms with Crippen molar-refractivity contribution in [3.63, 3.8) is 0 Å². The Morgan fingerprint density at radius 2 is 1.93 bits per heavy atom. The highest BCUT2D eigenvalue weighted by Gasteiger charge is 2.24. The predicted molar refractivity (Wildman–Crippen MR) is 96.5 cm³/mol. The van der Waals surface area contributed by atoms with Crippen molar-refractivity contribution in [2.24, 2.45) is 0 Å². The van der Waals surface area contributed by atoms with E-state index in [2.05, 4.69) is 5.32 Å². The lowest BCUT2D eigenvalue weighted by Crippen LogP contribution is -2.43. The molecule has 2 aromatic rings. The SMILES string of the molecule is Cc1cc(OC2CCN(C(=O)Nc3ccc4c(c3)OCO4)CC2)cc(=O)o1. The number of fused-ring (bicyclic) bond motifs is 1. The molecule has 142 valence electrons. The van der Waals surface area contributed by atoms with Gasteiger partial charge in [0.05, 0.1) is 6.07 Å². The predicted octanol–water partition coefficient (Wildman–Crippen LogP) is 2.75. The molecule has 2 aliphatic rings. The number of benzene rings is 1. The number of hydrogen-bond acceptors (Lipinski definition) is 6. The molecule has 1 aromatic heterocycles. The number of nitrogens with zero attached hydrogens (tertiary/aromatic N) is 1. The Kier molecular flexibility index (Phi) is 4.62. The van der Waals surface area contributed by atoms with Crippen LogP contribution in [0.2, 0.25) is 0 Å². The van der Waals surface area contributed by atoms with Gasteiger partial charge < -0.3 is 28.8 Å². The Morgan fingerprint density at radius 3 is 2.70 bits per heavy atom. The summed E-state index contributed by atoms with van der Waals surface area (Å²) in [6.45, 7) is 3.05. The molecule has 0 saturated carbocycles. The molecule has 0 aliphatic carbocycles. The molecule has 0 bridgehead atoms. The Bertz CT molecular complexity index is 901. The van der Waals surface area contributed by atoms with Crippen molar-refractivity contribution in [3.05, 3.63) is 46.5 Å². The molecule has 8 nitrogen and oxygen atoms in total. The molecule has 4 rings (SSSR count). The zero-order valence-electron chi connectivity index (χ0n) is 14.9. The van der Waals surface area contributed by atoms with Crippen LogP contribution in [0.5, 0.6) is 17.2 Å². The minimum Gasteiger partial charge on any atom is -0.490 e. The van der Waals surface area contributed by atoms with Gasteiger partial charge in [-0.3, -0.25) is 0 Å². The molecule has 27 heavy (non-hydrogen) atoms. The van der Waals surface area contributed by atoms with Crippen LogP contribution in [-0.2, 0) is 0 Å². The molecule has 8 heteroatoms. The fraction of sp³-hybridized carbons (Fsp3) is 0.368. The number of anilines is 1. The van der Waals surface area contributed by atoms with Crippen molar-refractivity contribution in [2.45, 2.75) is 25.9 Å². The molecule has 2 aliphatic heterocycles. The van der Waals surface area contributed by atoms with E-state index < -0.39 is 5.63 Å². The maximum Gasteiger partial charge on any atom is 0.339 e. The summed E-state index contributed by atoms with van der Waals surface area (Å²) in [6.07, 6.45) is 1.34. The highest BCUT2D eigenvalue weighted by Crippen LogP contribution is 2.34. The third kappa shape index (κ3) is 3.99. The Labute approximate surface area is 155 Å². The van der Waals surface area contributed by atoms with Gasteiger partial charge in [-0.15, -0.1) is 0 Å². The molecule has 3 heterocycles. The van der Waals surface area contributed by atoms with Crippen LogP contribution < -0.4 is 25.2 Å². The maximum absolute atomic E-state index is 12.5. The van der Waals surface area contributed by atoms with Crippen molar-refractivity contribution in [2.75, 3.05) is 25.2 Å². The Hall–Kier alpha value is -3.16. The molecule has 2 amide bonds. The van der Waals surface area contributed by atoms with E-state index in [1.807, 2.05) is 0 Å². The number of amides is 2. The van der Waals surface area contributed by atoms with Gasteiger partial charge in [0.2, 0.25) is 6.79 Å². The van der Waals surface area contributed by atoms with Crippen molar-refractivity contribution in [1.29, 1.82) is 0 Å². The number of rotatable bonds is 3. The van der Waals surface area contributed by atoms with Crippen LogP contribution in [-0.4, -0.2) is 36.9 Å². The van der Waals surface area contributed by atoms with Crippen LogP contribution in [0, 0.1) is 6.92 Å². The lowest BCUT2D eigenvalue weighted by atomic mass is 10.1. The molecule has 1 saturated heterocycles. The third-order valence-electron chi connectivity index (χ3n) is 4.52. The van der Waals surface area contributed by atoms with E-state index in [1.54, 1.807) is 36.1 Å². The number of nitrogens with one attached hydrogen (secondary N) is 1. The molecule has 0 unspecified atom stereocenters. The number of hydrogen-bond donors (Lipinski definition) is 1. The normalized spacial score (nSPS) is 16.3. The number of piperidine rings is 1. The van der Waals surface area contributed by atoms with Crippen molar-refractivity contribution in [1.82, 2.24) is 4.90 Å². The molecule has 0 atom stereocenters. The zero-order chi connectivity index (χ0) is 18.8. The fourth-order valence-electron chi connectivity index (χ4n) is 3.19. The minimum atomic E-state index is -0.425. The number of ether oxygens (including phenoxy) is 3. The van der Waals surface area contributed by atoms with E-state index in [4.69, 9.17) is 18.6 Å². The average Bonchev–Trinajstić information content (AvgIpc) is 3.09. The lowest BCUT2D eigenvalue weighted by Gasteiger charge is -2.32. The molecular formula is C19H20N2O6. The first-order valence-electron chi connectivity index (χ1n) is 8.81. The van der Waals surface area contributed by atoms with Gasteiger partial charge in [0, 0.05) is 43.8 Å². The summed E-state index contributed by atoms with van der Waals surface area (Å²) < 4.78 is 21.4. The van der Waals surface area contributed by atoms with Gasteiger partial charge in [-0.1, -0.05) is 0 Å². The van der Waals surface area contributed by atoms with Crippen molar-refractivity contribution in [3.8, 4) is 17.2 Å². The maximum atomic E-state index is 12.5. The average molecular weight is 372 g/mol. The van der Waals surface area contributed by atoms with Crippen molar-refractivity contribution < 1.29 is 23.4 Å². The van der Waals surface area contributed by atoms with Gasteiger partial charge in [0.15, 0.2) is 11.5 Å². The van der Waals surface area contributed by atoms with Crippen LogP contribution in [0.3, 0.4) is 0 Å². The van der Waals surface area contributed by atoms with E-state index in [-0.39, 0.29) is 18.9 Å². The van der Waals surface area contributed by atoms with Gasteiger partial charge >= 0.3 is 11.7 Å². The molecule has 1 fully saturated rings. The number of aryl methyl sites for hydroxylation is 1. The summed E-state index contributed by atoms with van der Waals surface area (Å²) in [5.41, 5.74) is 0.236. The third-order valence-corrected chi connectivity index (χ3v) is 4.52. The second-order valence-corrected chi connectivity index (χ2v) is 6.53. The van der Waals surface area contributed by atoms with Gasteiger partial charge in [0.1, 0.15) is 17.6 Å². The van der Waals surface area contributed by atoms with Crippen LogP contribution in [0.4, 0.5) is 10.5 Å². The summed E-state index contributed by atoms with van der Waals surface area (Å²) in [5, 5.41) is 2.88. The van der Waals surface area contributed by atoms with E-state index in [1.165, 1.54) is 6.07 Å². The molecular weight excluding hydrogens is 352 g/mol. The number of likely N-dealkylation sites (tertiary alicyclic amines) is 1. The van der Waals surface area contributed by atoms with Crippen LogP contribution >= 0.6 is 0 Å². The van der Waals surface area contributed by atoms with Crippen molar-refractivity contribution >= 4 is 11.7 Å². The summed E-state index contributed by atoms with van der Waals surface area (Å²) in [4.78, 5) is 25.6. The van der Waals surface area contributed by atoms with Gasteiger partial charge in [-0.2, -0.15) is 0 Å². The Balaban J connectivity index is 1.31. The Morgan fingerprint density at radius 1 is 1.15 bits per heavy atom. The first-order chi connectivity index (χ1) is 13.1. The fourth-order valence-corrected chi connectivity index (χ4v) is 3.19. The number of carbonyl (C=O) groups excluding carboxylic acids is 1. The highest BCUT2D eigenvalue weighted by atomic mass is 16.7. The van der Waals surface area contributed by atoms with E-state index in [0.29, 0.717) is 54.6 Å². The van der Waals surface area contributed by atoms with Gasteiger partial charge in [0.25, 0.3) is 0 Å². The molecule has 1 aromatic carbocycles. The van der Waals surface area contributed by atoms with Gasteiger partial charge in [-0.25, -0.2) is 9.59 Å². The lowest BCUT2D eigenvalue weighted by molar-refractivity contribution is 0.115. The van der Waals surface area contributed by atoms with Gasteiger partial charge in [-0.05, 0) is 19.1 Å². The van der Waals surface area contributed by atoms with E-state index in [0.717, 1.165) is 0 Å². The van der Waals surface area contributed by atoms with Crippen LogP contribution in [0.15, 0.2) is 39.5 Å². The second-order valence-electron chi connectivity index (χ2n) is 6.53. The largest absolute Gasteiger partial charge is 0.490 e. The molecule has 1 N–H and O–H groups in total. The number of carbonyl (C=O) groups is 1. The van der Waals surface area contributed by atoms with E-state index >= 15 is 0 Å². The quantitative estimate of drug-likeness (QED) is 0.891. The highest BCUT2D eigenvalue weighted by molar-refractivity contribution is 5.89. The van der Waals surface area contributed by atoms with Crippen LogP contribution in [0.1, 0.15) is 18.6 Å². The number of urea groups is 1. The minimum absolute atomic E-state index is 0.0409. The monoisotopic (exact) mass is 372 g/mol. The molecule has 0 radical (unpaired) electrons. The standard InChI is InChI=1S/C19H20N2O6/c1-12-8-15(10-18(22)26-12)27-14-4-6-21(7-5-14)19(23)20-13-2-3-16-17(9-13)25-11-24-16/h2-3,8-10,14H,4-7,11H2,1H3,(H,20,23). The summed E-state index contributed by atoms with van der Waals surface area (Å²) in [5.74, 6) is 2.32.